The van der Waals surface area contributed by atoms with E-state index in [-0.39, 0.29) is 0 Å². The van der Waals surface area contributed by atoms with E-state index in [9.17, 15) is 4.79 Å². The van der Waals surface area contributed by atoms with Gasteiger partial charge in [0.15, 0.2) is 0 Å². The van der Waals surface area contributed by atoms with E-state index in [1.165, 1.54) is 0 Å². The number of hydrogen-bond donors (Lipinski definition) is 2. The van der Waals surface area contributed by atoms with Crippen molar-refractivity contribution >= 4 is 17.7 Å². The third kappa shape index (κ3) is 3.86. The number of imidazole rings is 1. The quantitative estimate of drug-likeness (QED) is 0.696. The van der Waals surface area contributed by atoms with Gasteiger partial charge >= 0.3 is 5.97 Å². The zero-order chi connectivity index (χ0) is 12.0. The van der Waals surface area contributed by atoms with Gasteiger partial charge in [0.05, 0.1) is 6.33 Å². The minimum atomic E-state index is -0.931. The van der Waals surface area contributed by atoms with Crippen LogP contribution in [-0.2, 0) is 17.1 Å². The zero-order valence-corrected chi connectivity index (χ0v) is 10.1. The summed E-state index contributed by atoms with van der Waals surface area (Å²) in [6, 6.07) is -0.747. The molecule has 0 bridgehead atoms. The fourth-order valence-corrected chi connectivity index (χ4v) is 2.28. The van der Waals surface area contributed by atoms with Crippen LogP contribution in [-0.4, -0.2) is 32.4 Å². The third-order valence-electron chi connectivity index (χ3n) is 2.28. The van der Waals surface area contributed by atoms with E-state index < -0.39 is 12.0 Å². The molecule has 0 spiro atoms. The molecule has 0 amide bonds. The van der Waals surface area contributed by atoms with Gasteiger partial charge in [0.25, 0.3) is 0 Å². The molecule has 0 aliphatic rings. The summed E-state index contributed by atoms with van der Waals surface area (Å²) in [5.41, 5.74) is 6.56. The molecule has 0 aromatic carbocycles. The normalized spacial score (nSPS) is 12.6. The van der Waals surface area contributed by atoms with Gasteiger partial charge in [-0.25, -0.2) is 4.98 Å². The Balaban J connectivity index is 2.23. The van der Waals surface area contributed by atoms with Crippen LogP contribution in [0.2, 0.25) is 0 Å². The molecule has 16 heavy (non-hydrogen) atoms. The highest BCUT2D eigenvalue weighted by Crippen LogP contribution is 2.13. The van der Waals surface area contributed by atoms with Gasteiger partial charge < -0.3 is 15.4 Å². The number of rotatable bonds is 7. The predicted octanol–water partition coefficient (Wildman–Crippen LogP) is 0.938. The number of thioether (sulfide) groups is 1. The largest absolute Gasteiger partial charge is 0.480 e. The molecule has 1 aromatic rings. The van der Waals surface area contributed by atoms with Crippen molar-refractivity contribution in [3.63, 3.8) is 0 Å². The number of aliphatic carboxylic acids is 1. The highest BCUT2D eigenvalue weighted by molar-refractivity contribution is 7.98. The first-order valence-corrected chi connectivity index (χ1v) is 6.35. The van der Waals surface area contributed by atoms with Gasteiger partial charge in [0.2, 0.25) is 0 Å². The summed E-state index contributed by atoms with van der Waals surface area (Å²) in [6.45, 7) is 2.97. The molecule has 1 heterocycles. The van der Waals surface area contributed by atoms with Gasteiger partial charge in [-0.1, -0.05) is 0 Å². The molecule has 0 aliphatic heterocycles. The molecular weight excluding hydrogens is 226 g/mol. The molecule has 90 valence electrons. The number of nitrogens with zero attached hydrogens (tertiary/aromatic N) is 2. The second-order valence-corrected chi connectivity index (χ2v) is 4.56. The van der Waals surface area contributed by atoms with Crippen molar-refractivity contribution in [1.29, 1.82) is 0 Å². The molecule has 1 rings (SSSR count). The van der Waals surface area contributed by atoms with Gasteiger partial charge in [-0.05, 0) is 19.1 Å². The first-order chi connectivity index (χ1) is 7.65. The van der Waals surface area contributed by atoms with Crippen LogP contribution < -0.4 is 5.73 Å². The van der Waals surface area contributed by atoms with Gasteiger partial charge in [-0.2, -0.15) is 11.8 Å². The summed E-state index contributed by atoms with van der Waals surface area (Å²) in [7, 11) is 0. The second-order valence-electron chi connectivity index (χ2n) is 3.46. The van der Waals surface area contributed by atoms with Crippen molar-refractivity contribution in [3.8, 4) is 0 Å². The highest BCUT2D eigenvalue weighted by Gasteiger charge is 2.10. The Morgan fingerprint density at radius 2 is 2.50 bits per heavy atom. The molecular formula is C10H17N3O2S. The maximum Gasteiger partial charge on any atom is 0.320 e. The van der Waals surface area contributed by atoms with Gasteiger partial charge in [0.1, 0.15) is 6.04 Å². The predicted molar refractivity (Wildman–Crippen MR) is 64.3 cm³/mol. The summed E-state index contributed by atoms with van der Waals surface area (Å²) in [6.07, 6.45) is 4.15. The Bertz CT molecular complexity index is 341. The van der Waals surface area contributed by atoms with Crippen molar-refractivity contribution in [2.45, 2.75) is 31.7 Å². The van der Waals surface area contributed by atoms with Gasteiger partial charge in [-0.3, -0.25) is 4.79 Å². The van der Waals surface area contributed by atoms with Crippen LogP contribution in [0.3, 0.4) is 0 Å². The molecule has 0 saturated carbocycles. The summed E-state index contributed by atoms with van der Waals surface area (Å²) in [4.78, 5) is 14.5. The summed E-state index contributed by atoms with van der Waals surface area (Å²) in [5.74, 6) is 0.668. The zero-order valence-electron chi connectivity index (χ0n) is 9.30. The lowest BCUT2D eigenvalue weighted by Crippen LogP contribution is -2.30. The Kier molecular flexibility index (Phi) is 5.34. The third-order valence-corrected chi connectivity index (χ3v) is 3.30. The summed E-state index contributed by atoms with van der Waals surface area (Å²) >= 11 is 1.68. The van der Waals surface area contributed by atoms with E-state index in [0.29, 0.717) is 6.42 Å². The van der Waals surface area contributed by atoms with Crippen LogP contribution in [0.15, 0.2) is 12.5 Å². The summed E-state index contributed by atoms with van der Waals surface area (Å²) in [5, 5.41) is 8.60. The molecule has 5 nitrogen and oxygen atoms in total. The van der Waals surface area contributed by atoms with Crippen LogP contribution in [0.4, 0.5) is 0 Å². The summed E-state index contributed by atoms with van der Waals surface area (Å²) < 4.78 is 2.07. The topological polar surface area (TPSA) is 81.1 Å². The highest BCUT2D eigenvalue weighted by atomic mass is 32.2. The SMILES string of the molecule is CCn1cncc1CSCCC(N)C(=O)O. The number of carboxylic acids is 1. The van der Waals surface area contributed by atoms with Crippen LogP contribution >= 0.6 is 11.8 Å². The number of hydrogen-bond acceptors (Lipinski definition) is 4. The molecule has 3 N–H and O–H groups in total. The Morgan fingerprint density at radius 3 is 3.12 bits per heavy atom. The molecule has 0 fully saturated rings. The van der Waals surface area contributed by atoms with E-state index in [1.54, 1.807) is 18.1 Å². The van der Waals surface area contributed by atoms with Gasteiger partial charge in [0, 0.05) is 24.2 Å². The first kappa shape index (κ1) is 13.1. The Labute approximate surface area is 99.0 Å². The number of nitrogens with two attached hydrogens (primary N) is 1. The molecule has 1 unspecified atom stereocenters. The minimum Gasteiger partial charge on any atom is -0.480 e. The average molecular weight is 243 g/mol. The second kappa shape index (κ2) is 6.55. The number of carboxylic acid groups (broad SMARTS) is 1. The van der Waals surface area contributed by atoms with Crippen LogP contribution in [0.5, 0.6) is 0 Å². The standard InChI is InChI=1S/C10H17N3O2S/c1-2-13-7-12-5-8(13)6-16-4-3-9(11)10(14)15/h5,7,9H,2-4,6,11H2,1H3,(H,14,15). The van der Waals surface area contributed by atoms with Crippen molar-refractivity contribution in [2.75, 3.05) is 5.75 Å². The number of carbonyl (C=O) groups is 1. The minimum absolute atomic E-state index is 0.500. The van der Waals surface area contributed by atoms with E-state index in [1.807, 2.05) is 6.20 Å². The monoisotopic (exact) mass is 243 g/mol. The van der Waals surface area contributed by atoms with Crippen molar-refractivity contribution in [1.82, 2.24) is 9.55 Å². The van der Waals surface area contributed by atoms with Crippen molar-refractivity contribution in [3.05, 3.63) is 18.2 Å². The average Bonchev–Trinajstić information content (AvgIpc) is 2.71. The van der Waals surface area contributed by atoms with Crippen molar-refractivity contribution < 1.29 is 9.90 Å². The first-order valence-electron chi connectivity index (χ1n) is 5.20. The van der Waals surface area contributed by atoms with Crippen LogP contribution in [0.1, 0.15) is 19.0 Å². The molecule has 0 aliphatic carbocycles. The van der Waals surface area contributed by atoms with Crippen LogP contribution in [0.25, 0.3) is 0 Å². The molecule has 1 aromatic heterocycles. The Hall–Kier alpha value is -1.01. The Morgan fingerprint density at radius 1 is 1.75 bits per heavy atom. The maximum absolute atomic E-state index is 10.5. The molecule has 0 saturated heterocycles. The van der Waals surface area contributed by atoms with Gasteiger partial charge in [-0.15, -0.1) is 0 Å². The maximum atomic E-state index is 10.5. The van der Waals surface area contributed by atoms with Crippen molar-refractivity contribution in [2.24, 2.45) is 5.73 Å². The van der Waals surface area contributed by atoms with E-state index in [0.717, 1.165) is 23.7 Å². The lowest BCUT2D eigenvalue weighted by molar-refractivity contribution is -0.138. The fourth-order valence-electron chi connectivity index (χ4n) is 1.26. The molecule has 0 radical (unpaired) electrons. The lowest BCUT2D eigenvalue weighted by atomic mass is 10.2. The smallest absolute Gasteiger partial charge is 0.320 e. The number of aromatic nitrogens is 2. The molecule has 1 atom stereocenters. The fraction of sp³-hybridized carbons (Fsp3) is 0.600. The van der Waals surface area contributed by atoms with E-state index in [2.05, 4.69) is 16.5 Å². The van der Waals surface area contributed by atoms with Crippen LogP contribution in [0, 0.1) is 0 Å². The van der Waals surface area contributed by atoms with E-state index >= 15 is 0 Å². The molecule has 6 heteroatoms. The van der Waals surface area contributed by atoms with E-state index in [4.69, 9.17) is 10.8 Å². The number of aryl methyl sites for hydroxylation is 1. The lowest BCUT2D eigenvalue weighted by Gasteiger charge is -2.07.